The lowest BCUT2D eigenvalue weighted by Crippen LogP contribution is -2.24. The first kappa shape index (κ1) is 15.6. The number of rotatable bonds is 11. The van der Waals surface area contributed by atoms with E-state index in [1.807, 2.05) is 0 Å². The summed E-state index contributed by atoms with van der Waals surface area (Å²) in [6.07, 6.45) is 12.0. The lowest BCUT2D eigenvalue weighted by Gasteiger charge is -2.19. The van der Waals surface area contributed by atoms with Gasteiger partial charge in [-0.25, -0.2) is 0 Å². The molecule has 0 radical (unpaired) electrons. The third-order valence-corrected chi connectivity index (χ3v) is 3.09. The van der Waals surface area contributed by atoms with Gasteiger partial charge in [-0.05, 0) is 13.3 Å². The van der Waals surface area contributed by atoms with Crippen molar-refractivity contribution in [1.82, 2.24) is 0 Å². The quantitative estimate of drug-likeness (QED) is 0.431. The molecule has 0 saturated carbocycles. The van der Waals surface area contributed by atoms with Gasteiger partial charge < -0.3 is 9.90 Å². The van der Waals surface area contributed by atoms with Crippen molar-refractivity contribution in [1.29, 1.82) is 0 Å². The zero-order chi connectivity index (χ0) is 12.3. The van der Waals surface area contributed by atoms with Crippen LogP contribution in [0.25, 0.3) is 0 Å². The number of hydrogen-bond acceptors (Lipinski definition) is 2. The Morgan fingerprint density at radius 3 is 2.00 bits per heavy atom. The Morgan fingerprint density at radius 1 is 1.00 bits per heavy atom. The van der Waals surface area contributed by atoms with E-state index in [1.54, 1.807) is 6.92 Å². The van der Waals surface area contributed by atoms with Crippen LogP contribution in [0, 0.1) is 0 Å². The third-order valence-electron chi connectivity index (χ3n) is 3.09. The fraction of sp³-hybridized carbons (Fsp3) is 0.929. The second kappa shape index (κ2) is 9.83. The van der Waals surface area contributed by atoms with Crippen LogP contribution in [0.4, 0.5) is 0 Å². The number of unbranched alkanes of at least 4 members (excludes halogenated alkanes) is 7. The number of carbonyl (C=O) groups is 1. The van der Waals surface area contributed by atoms with Crippen LogP contribution in [-0.4, -0.2) is 17.0 Å². The summed E-state index contributed by atoms with van der Waals surface area (Å²) in [5, 5.41) is 9.76. The first-order valence-electron chi connectivity index (χ1n) is 6.78. The molecule has 1 atom stereocenters. The molecule has 0 heterocycles. The van der Waals surface area contributed by atoms with E-state index in [9.17, 15) is 9.90 Å². The van der Waals surface area contributed by atoms with E-state index in [4.69, 9.17) is 0 Å². The summed E-state index contributed by atoms with van der Waals surface area (Å²) >= 11 is 0. The maximum Gasteiger partial charge on any atom is 0.122 e. The van der Waals surface area contributed by atoms with Crippen LogP contribution in [0.3, 0.4) is 0 Å². The highest BCUT2D eigenvalue weighted by molar-refractivity contribution is 5.51. The van der Waals surface area contributed by atoms with Gasteiger partial charge in [0.1, 0.15) is 6.29 Å². The Morgan fingerprint density at radius 2 is 1.50 bits per heavy atom. The van der Waals surface area contributed by atoms with Crippen molar-refractivity contribution < 1.29 is 9.90 Å². The first-order valence-corrected chi connectivity index (χ1v) is 6.78. The van der Waals surface area contributed by atoms with Crippen molar-refractivity contribution in [3.05, 3.63) is 0 Å². The van der Waals surface area contributed by atoms with E-state index in [2.05, 4.69) is 6.92 Å². The van der Waals surface area contributed by atoms with E-state index in [0.29, 0.717) is 0 Å². The normalized spacial score (nSPS) is 14.7. The average molecular weight is 228 g/mol. The summed E-state index contributed by atoms with van der Waals surface area (Å²) in [7, 11) is 0. The Balaban J connectivity index is 3.23. The highest BCUT2D eigenvalue weighted by atomic mass is 16.3. The van der Waals surface area contributed by atoms with Gasteiger partial charge in [0.05, 0.1) is 5.60 Å². The second-order valence-electron chi connectivity index (χ2n) is 5.09. The molecule has 0 aromatic heterocycles. The lowest BCUT2D eigenvalue weighted by molar-refractivity contribution is -0.112. The van der Waals surface area contributed by atoms with Gasteiger partial charge in [-0.1, -0.05) is 58.3 Å². The SMILES string of the molecule is CCCCCCCCCCC(C)(O)CC=O. The summed E-state index contributed by atoms with van der Waals surface area (Å²) < 4.78 is 0. The predicted octanol–water partition coefficient (Wildman–Crippen LogP) is 3.86. The largest absolute Gasteiger partial charge is 0.390 e. The second-order valence-corrected chi connectivity index (χ2v) is 5.09. The number of hydrogen-bond donors (Lipinski definition) is 1. The Labute approximate surface area is 100 Å². The van der Waals surface area contributed by atoms with Gasteiger partial charge in [0.25, 0.3) is 0 Å². The van der Waals surface area contributed by atoms with Gasteiger partial charge in [-0.2, -0.15) is 0 Å². The monoisotopic (exact) mass is 228 g/mol. The van der Waals surface area contributed by atoms with Crippen LogP contribution in [0.1, 0.15) is 78.1 Å². The van der Waals surface area contributed by atoms with E-state index in [-0.39, 0.29) is 6.42 Å². The fourth-order valence-corrected chi connectivity index (χ4v) is 1.92. The minimum absolute atomic E-state index is 0.267. The molecular formula is C14H28O2. The lowest BCUT2D eigenvalue weighted by atomic mass is 9.95. The summed E-state index contributed by atoms with van der Waals surface area (Å²) in [5.41, 5.74) is -0.774. The molecule has 1 unspecified atom stereocenters. The number of aliphatic hydroxyl groups is 1. The van der Waals surface area contributed by atoms with Gasteiger partial charge in [-0.3, -0.25) is 0 Å². The van der Waals surface area contributed by atoms with E-state index in [0.717, 1.165) is 19.1 Å². The van der Waals surface area contributed by atoms with E-state index >= 15 is 0 Å². The first-order chi connectivity index (χ1) is 7.62. The molecule has 16 heavy (non-hydrogen) atoms. The third kappa shape index (κ3) is 10.2. The van der Waals surface area contributed by atoms with E-state index < -0.39 is 5.60 Å². The van der Waals surface area contributed by atoms with Gasteiger partial charge in [0.15, 0.2) is 0 Å². The van der Waals surface area contributed by atoms with Gasteiger partial charge in [0.2, 0.25) is 0 Å². The molecule has 0 fully saturated rings. The molecule has 0 rings (SSSR count). The molecule has 0 aromatic carbocycles. The number of aldehydes is 1. The fourth-order valence-electron chi connectivity index (χ4n) is 1.92. The minimum atomic E-state index is -0.774. The molecule has 0 aromatic rings. The summed E-state index contributed by atoms with van der Waals surface area (Å²) in [4.78, 5) is 10.3. The molecule has 0 spiro atoms. The highest BCUT2D eigenvalue weighted by Gasteiger charge is 2.18. The van der Waals surface area contributed by atoms with Crippen molar-refractivity contribution in [3.8, 4) is 0 Å². The van der Waals surface area contributed by atoms with Crippen molar-refractivity contribution in [2.24, 2.45) is 0 Å². The molecule has 2 nitrogen and oxygen atoms in total. The van der Waals surface area contributed by atoms with Crippen LogP contribution in [0.2, 0.25) is 0 Å². The number of carbonyl (C=O) groups excluding carboxylic acids is 1. The maximum absolute atomic E-state index is 10.3. The highest BCUT2D eigenvalue weighted by Crippen LogP contribution is 2.18. The molecule has 2 heteroatoms. The van der Waals surface area contributed by atoms with Crippen LogP contribution in [0.5, 0.6) is 0 Å². The summed E-state index contributed by atoms with van der Waals surface area (Å²) in [5.74, 6) is 0. The van der Waals surface area contributed by atoms with Crippen molar-refractivity contribution in [2.75, 3.05) is 0 Å². The van der Waals surface area contributed by atoms with Gasteiger partial charge in [-0.15, -0.1) is 0 Å². The average Bonchev–Trinajstić information content (AvgIpc) is 2.22. The van der Waals surface area contributed by atoms with Crippen LogP contribution in [0.15, 0.2) is 0 Å². The van der Waals surface area contributed by atoms with Crippen LogP contribution >= 0.6 is 0 Å². The van der Waals surface area contributed by atoms with Crippen LogP contribution in [-0.2, 0) is 4.79 Å². The molecule has 96 valence electrons. The van der Waals surface area contributed by atoms with Gasteiger partial charge in [0, 0.05) is 6.42 Å². The molecule has 0 amide bonds. The minimum Gasteiger partial charge on any atom is -0.390 e. The summed E-state index contributed by atoms with van der Waals surface area (Å²) in [6.45, 7) is 3.98. The Hall–Kier alpha value is -0.370. The smallest absolute Gasteiger partial charge is 0.122 e. The van der Waals surface area contributed by atoms with Crippen molar-refractivity contribution >= 4 is 6.29 Å². The maximum atomic E-state index is 10.3. The zero-order valence-electron chi connectivity index (χ0n) is 11.0. The molecule has 0 aliphatic carbocycles. The molecular weight excluding hydrogens is 200 g/mol. The molecule has 0 saturated heterocycles. The Bertz CT molecular complexity index is 164. The predicted molar refractivity (Wildman–Crippen MR) is 68.5 cm³/mol. The van der Waals surface area contributed by atoms with E-state index in [1.165, 1.54) is 44.9 Å². The summed E-state index contributed by atoms with van der Waals surface area (Å²) in [6, 6.07) is 0. The van der Waals surface area contributed by atoms with Crippen LogP contribution < -0.4 is 0 Å². The van der Waals surface area contributed by atoms with Crippen molar-refractivity contribution in [2.45, 2.75) is 83.7 Å². The zero-order valence-corrected chi connectivity index (χ0v) is 11.0. The standard InChI is InChI=1S/C14H28O2/c1-3-4-5-6-7-8-9-10-11-14(2,16)12-13-15/h13,16H,3-12H2,1-2H3. The topological polar surface area (TPSA) is 37.3 Å². The molecule has 0 aliphatic rings. The molecule has 0 aliphatic heterocycles. The Kier molecular flexibility index (Phi) is 9.60. The molecule has 0 bridgehead atoms. The molecule has 1 N–H and O–H groups in total. The van der Waals surface area contributed by atoms with Crippen molar-refractivity contribution in [3.63, 3.8) is 0 Å². The van der Waals surface area contributed by atoms with Gasteiger partial charge >= 0.3 is 0 Å².